The fraction of sp³-hybridized carbons (Fsp3) is 0.200. The maximum atomic E-state index is 14.3. The summed E-state index contributed by atoms with van der Waals surface area (Å²) in [6.45, 7) is 6.65. The number of carbonyl (C=O) groups is 2. The minimum atomic E-state index is -1.12. The lowest BCUT2D eigenvalue weighted by atomic mass is 9.90. The lowest BCUT2D eigenvalue weighted by Crippen LogP contribution is -2.43. The molecule has 1 aliphatic rings. The summed E-state index contributed by atoms with van der Waals surface area (Å²) in [6.07, 6.45) is 1.64. The van der Waals surface area contributed by atoms with Crippen molar-refractivity contribution in [1.82, 2.24) is 9.47 Å². The van der Waals surface area contributed by atoms with Crippen molar-refractivity contribution in [1.29, 1.82) is 0 Å². The molecule has 6 rings (SSSR count). The smallest absolute Gasteiger partial charge is 0.337 e. The highest BCUT2D eigenvalue weighted by molar-refractivity contribution is 7.07. The number of fused-ring (bicyclic) bond motifs is 2. The fourth-order valence-corrected chi connectivity index (χ4v) is 7.13. The third kappa shape index (κ3) is 5.33. The van der Waals surface area contributed by atoms with Gasteiger partial charge in [-0.2, -0.15) is 0 Å². The standard InChI is InChI=1S/C35H30ClN3O6S/c1-5-38(6-2)33(41)29-19(3)37-35-39(31(29)30-23-10-8-7-9-20(23)12-15-27(30)44-4)32(40)28(46-35)18-22-13-16-26(45-22)21-11-14-24(34(42)43)25(36)17-21/h7-18,31H,5-6H2,1-4H3,(H,42,43)/b28-18+/t31-/m1/s1. The summed E-state index contributed by atoms with van der Waals surface area (Å²) in [5.74, 6) is 0.112. The van der Waals surface area contributed by atoms with Crippen molar-refractivity contribution < 1.29 is 23.8 Å². The molecule has 3 heterocycles. The molecule has 9 nitrogen and oxygen atoms in total. The zero-order valence-corrected chi connectivity index (χ0v) is 27.1. The Morgan fingerprint density at radius 3 is 2.57 bits per heavy atom. The molecule has 3 aromatic carbocycles. The number of carboxylic acids is 1. The average molecular weight is 656 g/mol. The van der Waals surface area contributed by atoms with Gasteiger partial charge in [0.2, 0.25) is 0 Å². The van der Waals surface area contributed by atoms with Crippen LogP contribution in [0, 0.1) is 0 Å². The molecule has 0 aliphatic carbocycles. The summed E-state index contributed by atoms with van der Waals surface area (Å²) < 4.78 is 13.8. The summed E-state index contributed by atoms with van der Waals surface area (Å²) in [7, 11) is 1.58. The van der Waals surface area contributed by atoms with Crippen LogP contribution >= 0.6 is 22.9 Å². The van der Waals surface area contributed by atoms with E-state index >= 15 is 0 Å². The van der Waals surface area contributed by atoms with Gasteiger partial charge >= 0.3 is 5.97 Å². The highest BCUT2D eigenvalue weighted by atomic mass is 35.5. The predicted octanol–water partition coefficient (Wildman–Crippen LogP) is 5.88. The number of rotatable bonds is 8. The van der Waals surface area contributed by atoms with E-state index in [1.54, 1.807) is 47.8 Å². The van der Waals surface area contributed by atoms with Crippen molar-refractivity contribution in [2.75, 3.05) is 20.2 Å². The number of allylic oxidation sites excluding steroid dienone is 1. The Morgan fingerprint density at radius 1 is 1.11 bits per heavy atom. The Balaban J connectivity index is 1.54. The van der Waals surface area contributed by atoms with Crippen LogP contribution < -0.4 is 19.6 Å². The van der Waals surface area contributed by atoms with E-state index in [-0.39, 0.29) is 22.1 Å². The van der Waals surface area contributed by atoms with Crippen LogP contribution in [0.25, 0.3) is 28.2 Å². The zero-order valence-electron chi connectivity index (χ0n) is 25.5. The van der Waals surface area contributed by atoms with Crippen LogP contribution in [-0.4, -0.2) is 46.6 Å². The van der Waals surface area contributed by atoms with Gasteiger partial charge in [-0.15, -0.1) is 0 Å². The Kier molecular flexibility index (Phi) is 8.41. The summed E-state index contributed by atoms with van der Waals surface area (Å²) in [6, 6.07) is 18.9. The van der Waals surface area contributed by atoms with Crippen molar-refractivity contribution >= 4 is 51.7 Å². The van der Waals surface area contributed by atoms with Crippen LogP contribution in [0.1, 0.15) is 48.5 Å². The number of halogens is 1. The van der Waals surface area contributed by atoms with Crippen molar-refractivity contribution in [2.45, 2.75) is 26.8 Å². The van der Waals surface area contributed by atoms with Crippen LogP contribution in [0.4, 0.5) is 0 Å². The number of nitrogens with zero attached hydrogens (tertiary/aromatic N) is 3. The van der Waals surface area contributed by atoms with Gasteiger partial charge < -0.3 is 19.2 Å². The monoisotopic (exact) mass is 655 g/mol. The average Bonchev–Trinajstić information content (AvgIpc) is 3.64. The van der Waals surface area contributed by atoms with E-state index < -0.39 is 12.0 Å². The van der Waals surface area contributed by atoms with E-state index in [9.17, 15) is 19.5 Å². The number of hydrogen-bond acceptors (Lipinski definition) is 7. The molecule has 0 radical (unpaired) electrons. The molecule has 0 fully saturated rings. The van der Waals surface area contributed by atoms with Crippen molar-refractivity contribution in [3.63, 3.8) is 0 Å². The molecule has 11 heteroatoms. The molecule has 0 saturated heterocycles. The third-order valence-corrected chi connectivity index (χ3v) is 9.41. The minimum absolute atomic E-state index is 0.00942. The molecule has 234 valence electrons. The van der Waals surface area contributed by atoms with Crippen LogP contribution in [0.15, 0.2) is 92.2 Å². The van der Waals surface area contributed by atoms with Crippen LogP contribution in [0.3, 0.4) is 0 Å². The number of aromatic nitrogens is 1. The van der Waals surface area contributed by atoms with Gasteiger partial charge in [-0.05, 0) is 61.9 Å². The normalized spacial score (nSPS) is 14.7. The topological polar surface area (TPSA) is 114 Å². The second-order valence-corrected chi connectivity index (χ2v) is 12.1. The highest BCUT2D eigenvalue weighted by Crippen LogP contribution is 2.40. The number of furan rings is 1. The van der Waals surface area contributed by atoms with Gasteiger partial charge in [0, 0.05) is 30.3 Å². The summed E-state index contributed by atoms with van der Waals surface area (Å²) in [5.41, 5.74) is 1.91. The number of carbonyl (C=O) groups excluding carboxylic acids is 1. The maximum Gasteiger partial charge on any atom is 0.337 e. The van der Waals surface area contributed by atoms with E-state index in [0.29, 0.717) is 62.1 Å². The Hall–Kier alpha value is -4.93. The minimum Gasteiger partial charge on any atom is -0.496 e. The number of ether oxygens (including phenoxy) is 1. The highest BCUT2D eigenvalue weighted by Gasteiger charge is 2.36. The summed E-state index contributed by atoms with van der Waals surface area (Å²) in [5, 5.41) is 11.2. The number of methoxy groups -OCH3 is 1. The van der Waals surface area contributed by atoms with Gasteiger partial charge in [-0.1, -0.05) is 59.3 Å². The van der Waals surface area contributed by atoms with Gasteiger partial charge in [0.1, 0.15) is 23.3 Å². The second kappa shape index (κ2) is 12.5. The first-order valence-electron chi connectivity index (χ1n) is 14.7. The SMILES string of the molecule is CCN(CC)C(=O)C1=C(C)N=c2s/c(=C/c3ccc(-c4ccc(C(=O)O)c(Cl)c4)o3)c(=O)n2[C@H]1c1c(OC)ccc2ccccc12. The largest absolute Gasteiger partial charge is 0.496 e. The summed E-state index contributed by atoms with van der Waals surface area (Å²) >= 11 is 7.38. The van der Waals surface area contributed by atoms with Crippen molar-refractivity contribution in [3.8, 4) is 17.1 Å². The molecule has 46 heavy (non-hydrogen) atoms. The number of benzene rings is 3. The molecule has 0 bridgehead atoms. The zero-order chi connectivity index (χ0) is 32.7. The third-order valence-electron chi connectivity index (χ3n) is 8.11. The second-order valence-electron chi connectivity index (χ2n) is 10.7. The Morgan fingerprint density at radius 2 is 1.87 bits per heavy atom. The van der Waals surface area contributed by atoms with Crippen LogP contribution in [-0.2, 0) is 4.79 Å². The first-order chi connectivity index (χ1) is 22.2. The molecule has 1 N–H and O–H groups in total. The quantitative estimate of drug-likeness (QED) is 0.223. The van der Waals surface area contributed by atoms with Crippen molar-refractivity contribution in [3.05, 3.63) is 120 Å². The van der Waals surface area contributed by atoms with Crippen molar-refractivity contribution in [2.24, 2.45) is 4.99 Å². The lowest BCUT2D eigenvalue weighted by molar-refractivity contribution is -0.127. The fourth-order valence-electron chi connectivity index (χ4n) is 5.84. The molecule has 2 aromatic heterocycles. The molecular weight excluding hydrogens is 626 g/mol. The molecule has 0 spiro atoms. The van der Waals surface area contributed by atoms with Crippen LogP contribution in [0.2, 0.25) is 5.02 Å². The van der Waals surface area contributed by atoms with E-state index in [4.69, 9.17) is 25.7 Å². The Bertz CT molecular complexity index is 2240. The molecule has 0 saturated carbocycles. The molecule has 0 unspecified atom stereocenters. The molecular formula is C35H30ClN3O6S. The number of carboxylic acid groups (broad SMARTS) is 1. The van der Waals surface area contributed by atoms with E-state index in [2.05, 4.69) is 0 Å². The van der Waals surface area contributed by atoms with Gasteiger partial charge in [-0.25, -0.2) is 9.79 Å². The first kappa shape index (κ1) is 31.1. The Labute approximate surface area is 272 Å². The van der Waals surface area contributed by atoms with Gasteiger partial charge in [0.25, 0.3) is 11.5 Å². The number of aromatic carboxylic acids is 1. The lowest BCUT2D eigenvalue weighted by Gasteiger charge is -2.30. The number of amides is 1. The van der Waals surface area contributed by atoms with E-state index in [0.717, 1.165) is 10.8 Å². The predicted molar refractivity (Wildman–Crippen MR) is 178 cm³/mol. The number of hydrogen-bond donors (Lipinski definition) is 1. The van der Waals surface area contributed by atoms with E-state index in [1.165, 1.54) is 23.5 Å². The molecule has 5 aromatic rings. The number of likely N-dealkylation sites (N-methyl/N-ethyl adjacent to an activating group) is 1. The maximum absolute atomic E-state index is 14.3. The number of thiazole rings is 1. The molecule has 1 aliphatic heterocycles. The van der Waals surface area contributed by atoms with Gasteiger partial charge in [0.05, 0.1) is 33.5 Å². The molecule has 1 atom stereocenters. The summed E-state index contributed by atoms with van der Waals surface area (Å²) in [4.78, 5) is 46.8. The van der Waals surface area contributed by atoms with Crippen LogP contribution in [0.5, 0.6) is 5.75 Å². The first-order valence-corrected chi connectivity index (χ1v) is 15.9. The van der Waals surface area contributed by atoms with Gasteiger partial charge in [0.15, 0.2) is 4.80 Å². The molecule has 1 amide bonds. The van der Waals surface area contributed by atoms with Gasteiger partial charge in [-0.3, -0.25) is 14.2 Å². The van der Waals surface area contributed by atoms with E-state index in [1.807, 2.05) is 50.2 Å².